The highest BCUT2D eigenvalue weighted by molar-refractivity contribution is 5.52. The Labute approximate surface area is 260 Å². The number of aryl methyl sites for hydroxylation is 1. The minimum Gasteiger partial charge on any atom is -0.489 e. The fourth-order valence-corrected chi connectivity index (χ4v) is 10.5. The summed E-state index contributed by atoms with van der Waals surface area (Å²) in [6.45, 7) is 9.83. The SMILES string of the molecule is Cc1ccc(N(C2CCC(C)CC2)C2CCC3c4ccc(C5CCCC6c7ccccc7OC56)cc4C(C)(C)C3C2)cc1. The molecule has 2 nitrogen and oxygen atoms in total. The van der Waals surface area contributed by atoms with E-state index in [1.54, 1.807) is 11.1 Å². The molecule has 0 aromatic heterocycles. The maximum Gasteiger partial charge on any atom is 0.123 e. The number of anilines is 1. The van der Waals surface area contributed by atoms with Crippen LogP contribution in [0.2, 0.25) is 0 Å². The van der Waals surface area contributed by atoms with E-state index >= 15 is 0 Å². The zero-order chi connectivity index (χ0) is 29.3. The van der Waals surface area contributed by atoms with Gasteiger partial charge in [-0.25, -0.2) is 0 Å². The van der Waals surface area contributed by atoms with Gasteiger partial charge in [0, 0.05) is 35.2 Å². The van der Waals surface area contributed by atoms with Gasteiger partial charge in [0.2, 0.25) is 0 Å². The molecular formula is C41H51NO. The largest absolute Gasteiger partial charge is 0.489 e. The molecule has 0 N–H and O–H groups in total. The van der Waals surface area contributed by atoms with Crippen molar-refractivity contribution < 1.29 is 4.74 Å². The van der Waals surface area contributed by atoms with E-state index in [0.29, 0.717) is 41.9 Å². The average Bonchev–Trinajstić information content (AvgIpc) is 3.51. The van der Waals surface area contributed by atoms with Gasteiger partial charge in [0.15, 0.2) is 0 Å². The maximum atomic E-state index is 6.69. The summed E-state index contributed by atoms with van der Waals surface area (Å²) in [7, 11) is 0. The van der Waals surface area contributed by atoms with Gasteiger partial charge >= 0.3 is 0 Å². The normalized spacial score (nSPS) is 34.0. The summed E-state index contributed by atoms with van der Waals surface area (Å²) in [5, 5.41) is 0. The molecule has 4 aliphatic carbocycles. The fraction of sp³-hybridized carbons (Fsp3) is 0.561. The molecule has 43 heavy (non-hydrogen) atoms. The van der Waals surface area contributed by atoms with Crippen molar-refractivity contribution in [2.75, 3.05) is 4.90 Å². The molecule has 3 fully saturated rings. The number of hydrogen-bond acceptors (Lipinski definition) is 2. The van der Waals surface area contributed by atoms with Gasteiger partial charge in [-0.3, -0.25) is 0 Å². The third-order valence-electron chi connectivity index (χ3n) is 12.9. The zero-order valence-electron chi connectivity index (χ0n) is 26.9. The van der Waals surface area contributed by atoms with Gasteiger partial charge in [-0.15, -0.1) is 0 Å². The Morgan fingerprint density at radius 1 is 0.721 bits per heavy atom. The van der Waals surface area contributed by atoms with E-state index in [2.05, 4.69) is 99.3 Å². The summed E-state index contributed by atoms with van der Waals surface area (Å²) < 4.78 is 6.69. The van der Waals surface area contributed by atoms with E-state index in [-0.39, 0.29) is 5.41 Å². The first-order valence-electron chi connectivity index (χ1n) is 17.6. The fourth-order valence-electron chi connectivity index (χ4n) is 10.5. The number of benzene rings is 3. The van der Waals surface area contributed by atoms with Crippen LogP contribution in [-0.4, -0.2) is 18.2 Å². The lowest BCUT2D eigenvalue weighted by molar-refractivity contribution is 0.138. The Hall–Kier alpha value is -2.74. The number of ether oxygens (including phenoxy) is 1. The van der Waals surface area contributed by atoms with Gasteiger partial charge in [-0.1, -0.05) is 81.3 Å². The highest BCUT2D eigenvalue weighted by Gasteiger charge is 2.51. The summed E-state index contributed by atoms with van der Waals surface area (Å²) in [6, 6.07) is 27.4. The number of fused-ring (bicyclic) bond motifs is 6. The van der Waals surface area contributed by atoms with Crippen LogP contribution in [0.15, 0.2) is 66.7 Å². The Kier molecular flexibility index (Phi) is 6.92. The molecule has 2 heteroatoms. The van der Waals surface area contributed by atoms with Crippen LogP contribution in [0.3, 0.4) is 0 Å². The van der Waals surface area contributed by atoms with Crippen LogP contribution in [0.4, 0.5) is 5.69 Å². The molecule has 3 aromatic rings. The Morgan fingerprint density at radius 2 is 1.47 bits per heavy atom. The van der Waals surface area contributed by atoms with E-state index in [1.807, 2.05) is 0 Å². The van der Waals surface area contributed by atoms with Gasteiger partial charge in [0.1, 0.15) is 11.9 Å². The lowest BCUT2D eigenvalue weighted by Gasteiger charge is -2.48. The Balaban J connectivity index is 1.07. The smallest absolute Gasteiger partial charge is 0.123 e. The first-order valence-corrected chi connectivity index (χ1v) is 17.6. The molecule has 0 amide bonds. The third kappa shape index (κ3) is 4.65. The Morgan fingerprint density at radius 3 is 2.28 bits per heavy atom. The second-order valence-electron chi connectivity index (χ2n) is 15.7. The predicted molar refractivity (Wildman–Crippen MR) is 179 cm³/mol. The van der Waals surface area contributed by atoms with Crippen molar-refractivity contribution in [2.45, 2.75) is 133 Å². The molecule has 3 saturated carbocycles. The second-order valence-corrected chi connectivity index (χ2v) is 15.7. The highest BCUT2D eigenvalue weighted by Crippen LogP contribution is 2.58. The molecule has 0 radical (unpaired) electrons. The predicted octanol–water partition coefficient (Wildman–Crippen LogP) is 10.4. The monoisotopic (exact) mass is 573 g/mol. The summed E-state index contributed by atoms with van der Waals surface area (Å²) in [5.41, 5.74) is 9.31. The van der Waals surface area contributed by atoms with Crippen LogP contribution >= 0.6 is 0 Å². The third-order valence-corrected chi connectivity index (χ3v) is 12.9. The molecule has 3 aromatic carbocycles. The topological polar surface area (TPSA) is 12.5 Å². The molecule has 6 atom stereocenters. The number of nitrogens with zero attached hydrogens (tertiary/aromatic N) is 1. The van der Waals surface area contributed by atoms with Crippen LogP contribution in [-0.2, 0) is 5.41 Å². The van der Waals surface area contributed by atoms with Crippen molar-refractivity contribution >= 4 is 5.69 Å². The molecule has 1 aliphatic heterocycles. The standard InChI is InChI=1S/C41H51NO/c1-26-12-17-29(18-13-26)42(30-19-14-27(2)15-20-30)31-21-23-34-33-22-16-28(24-37(33)41(3,4)38(34)25-31)32-9-7-10-36-35-8-5-6-11-39(35)43-40(32)36/h5-6,8,11-13,16-18,22,24,27,30-32,34,36,38,40H,7,9-10,14-15,19-21,23,25H2,1-4H3. The van der Waals surface area contributed by atoms with Crippen molar-refractivity contribution in [2.24, 2.45) is 11.8 Å². The van der Waals surface area contributed by atoms with Crippen molar-refractivity contribution in [1.29, 1.82) is 0 Å². The molecule has 226 valence electrons. The first-order chi connectivity index (χ1) is 20.9. The van der Waals surface area contributed by atoms with E-state index in [4.69, 9.17) is 4.74 Å². The average molecular weight is 574 g/mol. The second kappa shape index (κ2) is 10.7. The first kappa shape index (κ1) is 27.8. The summed E-state index contributed by atoms with van der Waals surface area (Å²) in [6.07, 6.45) is 13.5. The number of para-hydroxylation sites is 1. The van der Waals surface area contributed by atoms with Crippen LogP contribution in [0.5, 0.6) is 5.75 Å². The van der Waals surface area contributed by atoms with E-state index in [1.165, 1.54) is 86.6 Å². The van der Waals surface area contributed by atoms with Crippen molar-refractivity contribution in [3.63, 3.8) is 0 Å². The lowest BCUT2D eigenvalue weighted by atomic mass is 9.67. The minimum absolute atomic E-state index is 0.197. The van der Waals surface area contributed by atoms with Gasteiger partial charge in [0.05, 0.1) is 0 Å². The molecule has 0 bridgehead atoms. The van der Waals surface area contributed by atoms with Crippen molar-refractivity contribution in [3.05, 3.63) is 94.5 Å². The van der Waals surface area contributed by atoms with Crippen LogP contribution in [0, 0.1) is 18.8 Å². The van der Waals surface area contributed by atoms with Gasteiger partial charge in [-0.05, 0) is 123 Å². The summed E-state index contributed by atoms with van der Waals surface area (Å²) >= 11 is 0. The van der Waals surface area contributed by atoms with Crippen LogP contribution in [0.25, 0.3) is 0 Å². The summed E-state index contributed by atoms with van der Waals surface area (Å²) in [4.78, 5) is 2.92. The van der Waals surface area contributed by atoms with Gasteiger partial charge < -0.3 is 9.64 Å². The van der Waals surface area contributed by atoms with Gasteiger partial charge in [0.25, 0.3) is 0 Å². The molecule has 5 aliphatic rings. The quantitative estimate of drug-likeness (QED) is 0.308. The Bertz CT molecular complexity index is 1460. The van der Waals surface area contributed by atoms with E-state index in [0.717, 1.165) is 11.7 Å². The van der Waals surface area contributed by atoms with Crippen molar-refractivity contribution in [3.8, 4) is 5.75 Å². The zero-order valence-corrected chi connectivity index (χ0v) is 26.9. The molecular weight excluding hydrogens is 522 g/mol. The van der Waals surface area contributed by atoms with Gasteiger partial charge in [-0.2, -0.15) is 0 Å². The molecule has 0 spiro atoms. The maximum absolute atomic E-state index is 6.69. The summed E-state index contributed by atoms with van der Waals surface area (Å²) in [5.74, 6) is 4.47. The molecule has 8 rings (SSSR count). The van der Waals surface area contributed by atoms with Crippen molar-refractivity contribution in [1.82, 2.24) is 0 Å². The minimum atomic E-state index is 0.197. The molecule has 1 heterocycles. The van der Waals surface area contributed by atoms with E-state index in [9.17, 15) is 0 Å². The van der Waals surface area contributed by atoms with Crippen LogP contribution < -0.4 is 9.64 Å². The molecule has 0 saturated heterocycles. The highest BCUT2D eigenvalue weighted by atomic mass is 16.5. The van der Waals surface area contributed by atoms with E-state index < -0.39 is 0 Å². The molecule has 6 unspecified atom stereocenters. The lowest BCUT2D eigenvalue weighted by Crippen LogP contribution is -2.49. The number of hydrogen-bond donors (Lipinski definition) is 0. The number of rotatable bonds is 4. The van der Waals surface area contributed by atoms with Crippen LogP contribution in [0.1, 0.15) is 131 Å².